The highest BCUT2D eigenvalue weighted by molar-refractivity contribution is 9.10. The molecule has 7 heteroatoms. The second-order valence-electron chi connectivity index (χ2n) is 7.67. The van der Waals surface area contributed by atoms with Crippen LogP contribution in [0.3, 0.4) is 0 Å². The number of nitrogens with zero attached hydrogens (tertiary/aromatic N) is 3. The smallest absolute Gasteiger partial charge is 0.251 e. The molecule has 0 atom stereocenters. The Morgan fingerprint density at radius 2 is 1.86 bits per heavy atom. The molecular formula is C21H28BrN5O. The molecule has 0 aliphatic heterocycles. The van der Waals surface area contributed by atoms with Crippen molar-refractivity contribution in [2.24, 2.45) is 5.92 Å². The minimum atomic E-state index is 0.0124. The van der Waals surface area contributed by atoms with E-state index < -0.39 is 0 Å². The van der Waals surface area contributed by atoms with Crippen LogP contribution < -0.4 is 15.5 Å². The van der Waals surface area contributed by atoms with Crippen LogP contribution in [0.1, 0.15) is 41.6 Å². The highest BCUT2D eigenvalue weighted by atomic mass is 79.9. The lowest BCUT2D eigenvalue weighted by Crippen LogP contribution is -2.38. The highest BCUT2D eigenvalue weighted by Crippen LogP contribution is 2.25. The number of anilines is 2. The molecule has 6 nitrogen and oxygen atoms in total. The molecule has 1 heterocycles. The molecule has 2 N–H and O–H groups in total. The van der Waals surface area contributed by atoms with Crippen LogP contribution in [0.15, 0.2) is 34.9 Å². The molecule has 0 bridgehead atoms. The summed E-state index contributed by atoms with van der Waals surface area (Å²) in [7, 11) is 3.98. The van der Waals surface area contributed by atoms with Crippen molar-refractivity contribution in [1.29, 1.82) is 0 Å². The fraction of sp³-hybridized carbons (Fsp3) is 0.476. The number of rotatable bonds is 6. The van der Waals surface area contributed by atoms with Crippen molar-refractivity contribution in [2.45, 2.75) is 38.6 Å². The Morgan fingerprint density at radius 1 is 1.18 bits per heavy atom. The van der Waals surface area contributed by atoms with Crippen molar-refractivity contribution < 1.29 is 4.79 Å². The first-order valence-electron chi connectivity index (χ1n) is 9.73. The molecule has 0 spiro atoms. The van der Waals surface area contributed by atoms with Gasteiger partial charge in [-0.3, -0.25) is 4.79 Å². The summed E-state index contributed by atoms with van der Waals surface area (Å²) in [6.45, 7) is 2.88. The van der Waals surface area contributed by atoms with Gasteiger partial charge in [-0.05, 0) is 62.8 Å². The normalized spacial score (nSPS) is 19.1. The van der Waals surface area contributed by atoms with Crippen molar-refractivity contribution in [3.63, 3.8) is 0 Å². The molecule has 150 valence electrons. The average molecular weight is 446 g/mol. The first-order chi connectivity index (χ1) is 13.4. The Labute approximate surface area is 175 Å². The van der Waals surface area contributed by atoms with E-state index in [4.69, 9.17) is 0 Å². The van der Waals surface area contributed by atoms with Crippen LogP contribution in [0.25, 0.3) is 0 Å². The fourth-order valence-corrected chi connectivity index (χ4v) is 3.85. The van der Waals surface area contributed by atoms with Crippen LogP contribution in [-0.4, -0.2) is 42.6 Å². The van der Waals surface area contributed by atoms with E-state index in [-0.39, 0.29) is 11.9 Å². The monoisotopic (exact) mass is 445 g/mol. The van der Waals surface area contributed by atoms with Crippen molar-refractivity contribution in [2.75, 3.05) is 30.9 Å². The van der Waals surface area contributed by atoms with Gasteiger partial charge in [0.25, 0.3) is 5.91 Å². The van der Waals surface area contributed by atoms with E-state index in [9.17, 15) is 4.79 Å². The number of hydrogen-bond donors (Lipinski definition) is 2. The molecule has 1 aromatic carbocycles. The van der Waals surface area contributed by atoms with Crippen LogP contribution in [0.2, 0.25) is 0 Å². The lowest BCUT2D eigenvalue weighted by Gasteiger charge is -2.29. The summed E-state index contributed by atoms with van der Waals surface area (Å²) in [5.74, 6) is 2.21. The molecule has 0 unspecified atom stereocenters. The second kappa shape index (κ2) is 9.37. The van der Waals surface area contributed by atoms with Gasteiger partial charge in [-0.1, -0.05) is 15.9 Å². The zero-order valence-corrected chi connectivity index (χ0v) is 18.3. The number of amides is 1. The number of halogens is 1. The van der Waals surface area contributed by atoms with Gasteiger partial charge in [0.15, 0.2) is 0 Å². The first kappa shape index (κ1) is 20.6. The van der Waals surface area contributed by atoms with Gasteiger partial charge in [-0.2, -0.15) is 4.98 Å². The Balaban J connectivity index is 1.45. The van der Waals surface area contributed by atoms with Crippen molar-refractivity contribution in [3.05, 3.63) is 46.1 Å². The third-order valence-electron chi connectivity index (χ3n) is 5.21. The van der Waals surface area contributed by atoms with Crippen LogP contribution in [-0.2, 0) is 0 Å². The zero-order chi connectivity index (χ0) is 20.1. The number of carbonyl (C=O) groups excluding carboxylic acids is 1. The van der Waals surface area contributed by atoms with Gasteiger partial charge in [-0.25, -0.2) is 4.98 Å². The Bertz CT molecular complexity index is 801. The van der Waals surface area contributed by atoms with E-state index in [1.165, 1.54) is 0 Å². The minimum absolute atomic E-state index is 0.0124. The molecule has 1 fully saturated rings. The molecule has 1 saturated carbocycles. The van der Waals surface area contributed by atoms with E-state index in [0.717, 1.165) is 48.1 Å². The Morgan fingerprint density at radius 3 is 2.50 bits per heavy atom. The topological polar surface area (TPSA) is 70.1 Å². The van der Waals surface area contributed by atoms with Crippen LogP contribution >= 0.6 is 15.9 Å². The van der Waals surface area contributed by atoms with E-state index in [1.807, 2.05) is 56.4 Å². The molecule has 1 aliphatic rings. The number of hydrogen-bond acceptors (Lipinski definition) is 5. The highest BCUT2D eigenvalue weighted by Gasteiger charge is 2.23. The lowest BCUT2D eigenvalue weighted by molar-refractivity contribution is 0.0922. The number of benzene rings is 1. The SMILES string of the molecule is Cc1cnc(NC[C@H]2CC[C@@H](NC(=O)c3ccc(Br)cc3)CC2)nc1N(C)C. The molecule has 1 amide bonds. The third-order valence-corrected chi connectivity index (χ3v) is 5.73. The maximum Gasteiger partial charge on any atom is 0.251 e. The maximum absolute atomic E-state index is 12.4. The molecule has 0 saturated heterocycles. The minimum Gasteiger partial charge on any atom is -0.362 e. The summed E-state index contributed by atoms with van der Waals surface area (Å²) in [5.41, 5.74) is 1.78. The van der Waals surface area contributed by atoms with Gasteiger partial charge in [0.2, 0.25) is 5.95 Å². The predicted molar refractivity (Wildman–Crippen MR) is 117 cm³/mol. The van der Waals surface area contributed by atoms with E-state index in [1.54, 1.807) is 0 Å². The van der Waals surface area contributed by atoms with Gasteiger partial charge >= 0.3 is 0 Å². The summed E-state index contributed by atoms with van der Waals surface area (Å²) in [6.07, 6.45) is 6.05. The molecule has 2 aromatic rings. The molecule has 3 rings (SSSR count). The maximum atomic E-state index is 12.4. The van der Waals surface area contributed by atoms with Crippen molar-refractivity contribution in [1.82, 2.24) is 15.3 Å². The van der Waals surface area contributed by atoms with Crippen LogP contribution in [0.4, 0.5) is 11.8 Å². The van der Waals surface area contributed by atoms with Gasteiger partial charge in [0.1, 0.15) is 5.82 Å². The molecular weight excluding hydrogens is 418 g/mol. The van der Waals surface area contributed by atoms with Gasteiger partial charge in [-0.15, -0.1) is 0 Å². The summed E-state index contributed by atoms with van der Waals surface area (Å²) in [6, 6.07) is 7.74. The second-order valence-corrected chi connectivity index (χ2v) is 8.59. The van der Waals surface area contributed by atoms with E-state index >= 15 is 0 Å². The standard InChI is InChI=1S/C21H28BrN5O/c1-14-12-23-21(26-19(14)27(2)3)24-13-15-4-10-18(11-5-15)25-20(28)16-6-8-17(22)9-7-16/h6-9,12,15,18H,4-5,10-11,13H2,1-3H3,(H,25,28)(H,23,24,26)/t15-,18+. The summed E-state index contributed by atoms with van der Waals surface area (Å²) >= 11 is 3.40. The molecule has 1 aromatic heterocycles. The first-order valence-corrected chi connectivity index (χ1v) is 10.5. The van der Waals surface area contributed by atoms with E-state index in [0.29, 0.717) is 17.4 Å². The quantitative estimate of drug-likeness (QED) is 0.702. The van der Waals surface area contributed by atoms with Crippen molar-refractivity contribution in [3.8, 4) is 0 Å². The summed E-state index contributed by atoms with van der Waals surface area (Å²) in [5, 5.41) is 6.55. The third kappa shape index (κ3) is 5.44. The average Bonchev–Trinajstić information content (AvgIpc) is 2.68. The lowest BCUT2D eigenvalue weighted by atomic mass is 9.86. The van der Waals surface area contributed by atoms with Crippen molar-refractivity contribution >= 4 is 33.6 Å². The van der Waals surface area contributed by atoms with Crippen LogP contribution in [0, 0.1) is 12.8 Å². The Hall–Kier alpha value is -2.15. The number of nitrogens with one attached hydrogen (secondary N) is 2. The number of aryl methyl sites for hydroxylation is 1. The largest absolute Gasteiger partial charge is 0.362 e. The van der Waals surface area contributed by atoms with Gasteiger partial charge in [0, 0.05) is 48.5 Å². The number of carbonyl (C=O) groups is 1. The van der Waals surface area contributed by atoms with Crippen LogP contribution in [0.5, 0.6) is 0 Å². The van der Waals surface area contributed by atoms with E-state index in [2.05, 4.69) is 36.5 Å². The number of aromatic nitrogens is 2. The van der Waals surface area contributed by atoms with Gasteiger partial charge < -0.3 is 15.5 Å². The Kier molecular flexibility index (Phi) is 6.88. The summed E-state index contributed by atoms with van der Waals surface area (Å²) in [4.78, 5) is 23.4. The molecule has 0 radical (unpaired) electrons. The predicted octanol–water partition coefficient (Wildman–Crippen LogP) is 4.01. The van der Waals surface area contributed by atoms with Gasteiger partial charge in [0.05, 0.1) is 0 Å². The summed E-state index contributed by atoms with van der Waals surface area (Å²) < 4.78 is 0.979. The zero-order valence-electron chi connectivity index (χ0n) is 16.7. The molecule has 1 aliphatic carbocycles. The molecule has 28 heavy (non-hydrogen) atoms. The fourth-order valence-electron chi connectivity index (χ4n) is 3.59.